The van der Waals surface area contributed by atoms with Crippen molar-refractivity contribution in [1.82, 2.24) is 9.78 Å². The van der Waals surface area contributed by atoms with E-state index in [-0.39, 0.29) is 5.69 Å². The van der Waals surface area contributed by atoms with Gasteiger partial charge in [0.05, 0.1) is 22.1 Å². The first-order valence-electron chi connectivity index (χ1n) is 8.56. The Morgan fingerprint density at radius 1 is 1.27 bits per heavy atom. The molecule has 1 amide bonds. The summed E-state index contributed by atoms with van der Waals surface area (Å²) in [5, 5.41) is 26.1. The molecular formula is C15H16N6O8S. The fourth-order valence-corrected chi connectivity index (χ4v) is 4.12. The predicted octanol–water partition coefficient (Wildman–Crippen LogP) is 1.30. The highest BCUT2D eigenvalue weighted by Crippen LogP contribution is 2.31. The smallest absolute Gasteiger partial charge is 0.296 e. The lowest BCUT2D eigenvalue weighted by atomic mass is 10.2. The Morgan fingerprint density at radius 3 is 2.57 bits per heavy atom. The molecule has 1 fully saturated rings. The summed E-state index contributed by atoms with van der Waals surface area (Å²) in [6, 6.07) is 2.08. The summed E-state index contributed by atoms with van der Waals surface area (Å²) in [7, 11) is -4.62. The van der Waals surface area contributed by atoms with Crippen LogP contribution in [-0.2, 0) is 14.8 Å². The molecular weight excluding hydrogens is 424 g/mol. The molecule has 3 N–H and O–H groups in total. The van der Waals surface area contributed by atoms with E-state index in [9.17, 15) is 33.4 Å². The highest BCUT2D eigenvalue weighted by Gasteiger charge is 2.31. The Balaban J connectivity index is 2.01. The molecule has 0 radical (unpaired) electrons. The summed E-state index contributed by atoms with van der Waals surface area (Å²) in [6.07, 6.45) is 2.95. The van der Waals surface area contributed by atoms with Gasteiger partial charge in [-0.2, -0.15) is 5.10 Å². The second kappa shape index (κ2) is 8.03. The largest absolute Gasteiger partial charge is 0.364 e. The van der Waals surface area contributed by atoms with Crippen LogP contribution in [0.25, 0.3) is 0 Å². The van der Waals surface area contributed by atoms with Gasteiger partial charge < -0.3 is 10.5 Å². The van der Waals surface area contributed by atoms with Crippen molar-refractivity contribution in [3.63, 3.8) is 0 Å². The molecule has 1 atom stereocenters. The van der Waals surface area contributed by atoms with E-state index in [1.165, 1.54) is 10.9 Å². The molecule has 1 saturated heterocycles. The quantitative estimate of drug-likeness (QED) is 0.469. The molecule has 160 valence electrons. The van der Waals surface area contributed by atoms with E-state index in [0.29, 0.717) is 19.1 Å². The number of nitro benzene ring substituents is 2. The van der Waals surface area contributed by atoms with Crippen LogP contribution in [0.3, 0.4) is 0 Å². The standard InChI is InChI=1S/C15H16N6O8S/c16-15(22)14-10(8-19(17-14)13-3-1-2-6-29-13)18-30(27,28)12-5-4-9(20(23)24)7-11(12)21(25)26/h4-5,7-8,13,18H,1-3,6H2,(H2,16,22). The number of hydrogen-bond acceptors (Lipinski definition) is 9. The number of carbonyl (C=O) groups excluding carboxylic acids is 1. The van der Waals surface area contributed by atoms with Gasteiger partial charge in [0.15, 0.2) is 10.6 Å². The first-order valence-corrected chi connectivity index (χ1v) is 10.0. The minimum absolute atomic E-state index is 0.302. The van der Waals surface area contributed by atoms with Crippen LogP contribution in [0, 0.1) is 20.2 Å². The first-order chi connectivity index (χ1) is 14.1. The van der Waals surface area contributed by atoms with Crippen molar-refractivity contribution in [2.75, 3.05) is 11.3 Å². The van der Waals surface area contributed by atoms with Crippen molar-refractivity contribution in [3.05, 3.63) is 50.3 Å². The molecule has 1 unspecified atom stereocenters. The summed E-state index contributed by atoms with van der Waals surface area (Å²) in [6.45, 7) is 0.465. The number of hydrogen-bond donors (Lipinski definition) is 2. The number of anilines is 1. The highest BCUT2D eigenvalue weighted by molar-refractivity contribution is 7.92. The van der Waals surface area contributed by atoms with Gasteiger partial charge in [-0.05, 0) is 25.3 Å². The van der Waals surface area contributed by atoms with Crippen molar-refractivity contribution in [2.24, 2.45) is 5.73 Å². The zero-order chi connectivity index (χ0) is 22.1. The Morgan fingerprint density at radius 2 is 2.00 bits per heavy atom. The number of nitrogens with two attached hydrogens (primary N) is 1. The predicted molar refractivity (Wildman–Crippen MR) is 100 cm³/mol. The minimum atomic E-state index is -4.62. The van der Waals surface area contributed by atoms with E-state index >= 15 is 0 Å². The van der Waals surface area contributed by atoms with Gasteiger partial charge in [-0.15, -0.1) is 0 Å². The van der Waals surface area contributed by atoms with Gasteiger partial charge in [0.25, 0.3) is 27.3 Å². The number of benzene rings is 1. The summed E-state index contributed by atoms with van der Waals surface area (Å²) >= 11 is 0. The van der Waals surface area contributed by atoms with Gasteiger partial charge in [-0.25, -0.2) is 13.1 Å². The number of non-ortho nitro benzene ring substituents is 1. The molecule has 1 aliphatic heterocycles. The van der Waals surface area contributed by atoms with Crippen LogP contribution in [-0.4, -0.2) is 40.6 Å². The Bertz CT molecular complexity index is 1120. The number of sulfonamides is 1. The molecule has 0 saturated carbocycles. The molecule has 14 nitrogen and oxygen atoms in total. The van der Waals surface area contributed by atoms with Crippen molar-refractivity contribution in [2.45, 2.75) is 30.4 Å². The molecule has 1 aromatic heterocycles. The van der Waals surface area contributed by atoms with E-state index in [2.05, 4.69) is 5.10 Å². The molecule has 0 bridgehead atoms. The maximum Gasteiger partial charge on any atom is 0.296 e. The monoisotopic (exact) mass is 440 g/mol. The van der Waals surface area contributed by atoms with Gasteiger partial charge in [0, 0.05) is 12.7 Å². The van der Waals surface area contributed by atoms with Crippen molar-refractivity contribution in [3.8, 4) is 0 Å². The van der Waals surface area contributed by atoms with Crippen LogP contribution in [0.4, 0.5) is 17.1 Å². The van der Waals surface area contributed by atoms with Crippen LogP contribution in [0.15, 0.2) is 29.3 Å². The van der Waals surface area contributed by atoms with Crippen molar-refractivity contribution in [1.29, 1.82) is 0 Å². The third kappa shape index (κ3) is 4.20. The third-order valence-electron chi connectivity index (χ3n) is 4.30. The number of nitro groups is 2. The Hall–Kier alpha value is -3.59. The third-order valence-corrected chi connectivity index (χ3v) is 5.71. The minimum Gasteiger partial charge on any atom is -0.364 e. The topological polar surface area (TPSA) is 203 Å². The maximum absolute atomic E-state index is 12.8. The van der Waals surface area contributed by atoms with Gasteiger partial charge in [0.1, 0.15) is 11.9 Å². The van der Waals surface area contributed by atoms with E-state index in [1.807, 2.05) is 4.72 Å². The van der Waals surface area contributed by atoms with Gasteiger partial charge in [-0.1, -0.05) is 0 Å². The Labute approximate surface area is 169 Å². The summed E-state index contributed by atoms with van der Waals surface area (Å²) in [4.78, 5) is 31.1. The van der Waals surface area contributed by atoms with Crippen LogP contribution < -0.4 is 10.5 Å². The average Bonchev–Trinajstić information content (AvgIpc) is 3.11. The lowest BCUT2D eigenvalue weighted by Crippen LogP contribution is -2.20. The van der Waals surface area contributed by atoms with Gasteiger partial charge >= 0.3 is 0 Å². The second-order valence-corrected chi connectivity index (χ2v) is 7.98. The summed E-state index contributed by atoms with van der Waals surface area (Å²) in [5.74, 6) is -1.03. The summed E-state index contributed by atoms with van der Waals surface area (Å²) in [5.41, 5.74) is 2.91. The van der Waals surface area contributed by atoms with Gasteiger partial charge in [-0.3, -0.25) is 29.7 Å². The van der Waals surface area contributed by atoms with Crippen molar-refractivity contribution < 1.29 is 27.8 Å². The molecule has 2 heterocycles. The van der Waals surface area contributed by atoms with E-state index < -0.39 is 54.0 Å². The molecule has 2 aromatic rings. The molecule has 30 heavy (non-hydrogen) atoms. The van der Waals surface area contributed by atoms with Crippen LogP contribution in [0.2, 0.25) is 0 Å². The van der Waals surface area contributed by atoms with Crippen LogP contribution >= 0.6 is 0 Å². The first kappa shape index (κ1) is 21.1. The lowest BCUT2D eigenvalue weighted by molar-refractivity contribution is -0.396. The average molecular weight is 440 g/mol. The molecule has 3 rings (SSSR count). The molecule has 1 aromatic carbocycles. The van der Waals surface area contributed by atoms with Crippen molar-refractivity contribution >= 4 is 33.0 Å². The molecule has 0 spiro atoms. The second-order valence-electron chi connectivity index (χ2n) is 6.33. The number of ether oxygens (including phenoxy) is 1. The number of rotatable bonds is 7. The highest BCUT2D eigenvalue weighted by atomic mass is 32.2. The molecule has 0 aliphatic carbocycles. The number of aromatic nitrogens is 2. The molecule has 15 heteroatoms. The number of primary amides is 1. The zero-order valence-corrected chi connectivity index (χ0v) is 16.1. The SMILES string of the molecule is NC(=O)c1nn(C2CCCCO2)cc1NS(=O)(=O)c1ccc([N+](=O)[O-])cc1[N+](=O)[O-]. The normalized spacial score (nSPS) is 16.7. The Kier molecular flexibility index (Phi) is 5.66. The number of carbonyl (C=O) groups is 1. The van der Waals surface area contributed by atoms with E-state index in [4.69, 9.17) is 10.5 Å². The zero-order valence-electron chi connectivity index (χ0n) is 15.3. The maximum atomic E-state index is 12.8. The fraction of sp³-hybridized carbons (Fsp3) is 0.333. The fourth-order valence-electron chi connectivity index (χ4n) is 2.92. The lowest BCUT2D eigenvalue weighted by Gasteiger charge is -2.22. The summed E-state index contributed by atoms with van der Waals surface area (Å²) < 4.78 is 34.4. The number of nitrogens with one attached hydrogen (secondary N) is 1. The van der Waals surface area contributed by atoms with E-state index in [1.54, 1.807) is 0 Å². The van der Waals surface area contributed by atoms with Crippen LogP contribution in [0.5, 0.6) is 0 Å². The van der Waals surface area contributed by atoms with E-state index in [0.717, 1.165) is 25.0 Å². The number of amides is 1. The van der Waals surface area contributed by atoms with Crippen LogP contribution in [0.1, 0.15) is 36.0 Å². The van der Waals surface area contributed by atoms with Gasteiger partial charge in [0.2, 0.25) is 0 Å². The molecule has 1 aliphatic rings. The number of nitrogens with zero attached hydrogens (tertiary/aromatic N) is 4.